The van der Waals surface area contributed by atoms with Gasteiger partial charge in [0.25, 0.3) is 5.91 Å². The molecule has 0 fully saturated rings. The average Bonchev–Trinajstić information content (AvgIpc) is 2.86. The van der Waals surface area contributed by atoms with Crippen LogP contribution < -0.4 is 10.6 Å². The molecule has 9 nitrogen and oxygen atoms in total. The number of carbonyl (C=O) groups is 4. The van der Waals surface area contributed by atoms with Crippen LogP contribution in [0.4, 0.5) is 10.5 Å². The topological polar surface area (TPSA) is 136 Å². The minimum absolute atomic E-state index is 0.0448. The van der Waals surface area contributed by atoms with E-state index in [1.54, 1.807) is 41.3 Å². The van der Waals surface area contributed by atoms with Crippen molar-refractivity contribution in [2.24, 2.45) is 5.92 Å². The van der Waals surface area contributed by atoms with E-state index in [2.05, 4.69) is 24.5 Å². The molecule has 0 aliphatic rings. The highest BCUT2D eigenvalue weighted by molar-refractivity contribution is 5.94. The van der Waals surface area contributed by atoms with Crippen LogP contribution in [0.1, 0.15) is 72.2 Å². The number of urea groups is 1. The second kappa shape index (κ2) is 14.5. The van der Waals surface area contributed by atoms with E-state index in [0.29, 0.717) is 30.3 Å². The number of rotatable bonds is 14. The van der Waals surface area contributed by atoms with Gasteiger partial charge >= 0.3 is 18.0 Å². The SMILES string of the molecule is CCCCC(CC)CN(Cc1ccc(C(=O)NCCC(=O)O)cc1)C(=O)Nc1cccc(C(=O)O)c1. The molecular weight excluding hydrogens is 462 g/mol. The highest BCUT2D eigenvalue weighted by Crippen LogP contribution is 2.19. The number of nitrogens with zero attached hydrogens (tertiary/aromatic N) is 1. The van der Waals surface area contributed by atoms with Crippen LogP contribution in [0.2, 0.25) is 0 Å². The minimum Gasteiger partial charge on any atom is -0.481 e. The normalized spacial score (nSPS) is 11.4. The van der Waals surface area contributed by atoms with Gasteiger partial charge in [-0.15, -0.1) is 0 Å². The first kappa shape index (κ1) is 28.4. The maximum atomic E-state index is 13.2. The predicted molar refractivity (Wildman–Crippen MR) is 137 cm³/mol. The van der Waals surface area contributed by atoms with E-state index >= 15 is 0 Å². The number of carboxylic acids is 2. The maximum absolute atomic E-state index is 13.2. The average molecular weight is 498 g/mol. The Bertz CT molecular complexity index is 1040. The van der Waals surface area contributed by atoms with Gasteiger partial charge in [-0.1, -0.05) is 51.3 Å². The third-order valence-electron chi connectivity index (χ3n) is 5.88. The number of nitrogens with one attached hydrogen (secondary N) is 2. The zero-order valence-electron chi connectivity index (χ0n) is 20.8. The molecule has 0 bridgehead atoms. The Balaban J connectivity index is 2.15. The summed E-state index contributed by atoms with van der Waals surface area (Å²) in [6, 6.07) is 12.6. The third-order valence-corrected chi connectivity index (χ3v) is 5.88. The molecule has 2 aromatic carbocycles. The third kappa shape index (κ3) is 9.40. The Hall–Kier alpha value is -3.88. The smallest absolute Gasteiger partial charge is 0.335 e. The molecule has 4 N–H and O–H groups in total. The fraction of sp³-hybridized carbons (Fsp3) is 0.407. The molecular formula is C27H35N3O6. The lowest BCUT2D eigenvalue weighted by Crippen LogP contribution is -2.38. The van der Waals surface area contributed by atoms with Gasteiger partial charge in [0.1, 0.15) is 0 Å². The first-order valence-corrected chi connectivity index (χ1v) is 12.2. The van der Waals surface area contributed by atoms with Crippen molar-refractivity contribution in [1.29, 1.82) is 0 Å². The van der Waals surface area contributed by atoms with Gasteiger partial charge in [0.2, 0.25) is 0 Å². The fourth-order valence-electron chi connectivity index (χ4n) is 3.75. The zero-order chi connectivity index (χ0) is 26.5. The lowest BCUT2D eigenvalue weighted by Gasteiger charge is -2.28. The van der Waals surface area contributed by atoms with Gasteiger partial charge in [-0.05, 0) is 48.2 Å². The Kier molecular flexibility index (Phi) is 11.4. The summed E-state index contributed by atoms with van der Waals surface area (Å²) >= 11 is 0. The largest absolute Gasteiger partial charge is 0.481 e. The van der Waals surface area contributed by atoms with Crippen LogP contribution in [0.5, 0.6) is 0 Å². The molecule has 3 amide bonds. The maximum Gasteiger partial charge on any atom is 0.335 e. The second-order valence-corrected chi connectivity index (χ2v) is 8.71. The number of hydrogen-bond donors (Lipinski definition) is 4. The van der Waals surface area contributed by atoms with Crippen LogP contribution in [0.15, 0.2) is 48.5 Å². The molecule has 0 aromatic heterocycles. The van der Waals surface area contributed by atoms with Crippen molar-refractivity contribution >= 4 is 29.6 Å². The Morgan fingerprint density at radius 1 is 0.972 bits per heavy atom. The molecule has 194 valence electrons. The van der Waals surface area contributed by atoms with Crippen molar-refractivity contribution in [3.8, 4) is 0 Å². The molecule has 2 rings (SSSR count). The van der Waals surface area contributed by atoms with Crippen molar-refractivity contribution in [2.45, 2.75) is 52.5 Å². The summed E-state index contributed by atoms with van der Waals surface area (Å²) in [6.07, 6.45) is 3.91. The predicted octanol–water partition coefficient (Wildman–Crippen LogP) is 4.84. The van der Waals surface area contributed by atoms with Gasteiger partial charge in [0, 0.05) is 30.9 Å². The molecule has 1 atom stereocenters. The highest BCUT2D eigenvalue weighted by atomic mass is 16.4. The fourth-order valence-corrected chi connectivity index (χ4v) is 3.75. The number of aromatic carboxylic acids is 1. The highest BCUT2D eigenvalue weighted by Gasteiger charge is 2.19. The number of amides is 3. The molecule has 0 radical (unpaired) electrons. The number of aliphatic carboxylic acids is 1. The summed E-state index contributed by atoms with van der Waals surface area (Å²) in [5.74, 6) is -2.09. The van der Waals surface area contributed by atoms with Gasteiger partial charge in [0.05, 0.1) is 12.0 Å². The zero-order valence-corrected chi connectivity index (χ0v) is 20.8. The van der Waals surface area contributed by atoms with E-state index in [9.17, 15) is 24.3 Å². The molecule has 0 spiro atoms. The molecule has 0 saturated carbocycles. The molecule has 1 unspecified atom stereocenters. The number of hydrogen-bond acceptors (Lipinski definition) is 4. The van der Waals surface area contributed by atoms with Gasteiger partial charge in [-0.25, -0.2) is 9.59 Å². The first-order valence-electron chi connectivity index (χ1n) is 12.2. The standard InChI is InChI=1S/C27H35N3O6/c1-3-5-7-19(4-2)17-30(27(36)29-23-9-6-8-22(16-23)26(34)35)18-20-10-12-21(13-11-20)25(33)28-15-14-24(31)32/h6,8-13,16,19H,3-5,7,14-15,17-18H2,1-2H3,(H,28,33)(H,29,36)(H,31,32)(H,34,35). The number of carboxylic acid groups (broad SMARTS) is 2. The van der Waals surface area contributed by atoms with Crippen LogP contribution in [-0.2, 0) is 11.3 Å². The quantitative estimate of drug-likeness (QED) is 0.295. The Morgan fingerprint density at radius 2 is 1.69 bits per heavy atom. The summed E-state index contributed by atoms with van der Waals surface area (Å²) < 4.78 is 0. The number of carbonyl (C=O) groups excluding carboxylic acids is 2. The monoisotopic (exact) mass is 497 g/mol. The van der Waals surface area contributed by atoms with E-state index in [1.165, 1.54) is 12.1 Å². The van der Waals surface area contributed by atoms with E-state index in [4.69, 9.17) is 5.11 Å². The molecule has 0 aliphatic heterocycles. The van der Waals surface area contributed by atoms with E-state index in [0.717, 1.165) is 31.2 Å². The van der Waals surface area contributed by atoms with E-state index in [-0.39, 0.29) is 30.5 Å². The van der Waals surface area contributed by atoms with Crippen LogP contribution in [0, 0.1) is 5.92 Å². The lowest BCUT2D eigenvalue weighted by molar-refractivity contribution is -0.136. The minimum atomic E-state index is -1.07. The molecule has 0 heterocycles. The molecule has 9 heteroatoms. The van der Waals surface area contributed by atoms with Crippen LogP contribution in [0.25, 0.3) is 0 Å². The van der Waals surface area contributed by atoms with Crippen molar-refractivity contribution in [2.75, 3.05) is 18.4 Å². The molecule has 2 aromatic rings. The summed E-state index contributed by atoms with van der Waals surface area (Å²) in [7, 11) is 0. The van der Waals surface area contributed by atoms with Crippen molar-refractivity contribution < 1.29 is 29.4 Å². The van der Waals surface area contributed by atoms with E-state index < -0.39 is 11.9 Å². The van der Waals surface area contributed by atoms with Gasteiger partial charge in [-0.2, -0.15) is 0 Å². The van der Waals surface area contributed by atoms with Crippen LogP contribution in [-0.4, -0.2) is 52.1 Å². The number of unbranched alkanes of at least 4 members (excludes halogenated alkanes) is 1. The first-order chi connectivity index (χ1) is 17.2. The summed E-state index contributed by atoms with van der Waals surface area (Å²) in [5.41, 5.74) is 1.72. The van der Waals surface area contributed by atoms with Gasteiger partial charge < -0.3 is 25.7 Å². The summed E-state index contributed by atoms with van der Waals surface area (Å²) in [4.78, 5) is 49.1. The molecule has 36 heavy (non-hydrogen) atoms. The molecule has 0 saturated heterocycles. The van der Waals surface area contributed by atoms with Crippen molar-refractivity contribution in [3.05, 3.63) is 65.2 Å². The van der Waals surface area contributed by atoms with Gasteiger partial charge in [0.15, 0.2) is 0 Å². The van der Waals surface area contributed by atoms with E-state index in [1.807, 2.05) is 0 Å². The number of benzene rings is 2. The Labute approximate surface area is 211 Å². The van der Waals surface area contributed by atoms with Crippen LogP contribution >= 0.6 is 0 Å². The number of anilines is 1. The summed E-state index contributed by atoms with van der Waals surface area (Å²) in [5, 5.41) is 23.3. The Morgan fingerprint density at radius 3 is 2.31 bits per heavy atom. The van der Waals surface area contributed by atoms with Crippen LogP contribution in [0.3, 0.4) is 0 Å². The van der Waals surface area contributed by atoms with Crippen molar-refractivity contribution in [3.63, 3.8) is 0 Å². The second-order valence-electron chi connectivity index (χ2n) is 8.71. The van der Waals surface area contributed by atoms with Gasteiger partial charge in [-0.3, -0.25) is 9.59 Å². The lowest BCUT2D eigenvalue weighted by atomic mass is 9.98. The summed E-state index contributed by atoms with van der Waals surface area (Å²) in [6.45, 7) is 5.13. The molecule has 0 aliphatic carbocycles. The van der Waals surface area contributed by atoms with Crippen molar-refractivity contribution in [1.82, 2.24) is 10.2 Å².